The van der Waals surface area contributed by atoms with Gasteiger partial charge in [-0.3, -0.25) is 0 Å². The molecule has 2 aliphatic rings. The molecule has 190 valence electrons. The Bertz CT molecular complexity index is 2070. The monoisotopic (exact) mass is 544 g/mol. The van der Waals surface area contributed by atoms with Crippen LogP contribution in [0.25, 0.3) is 20.2 Å². The summed E-state index contributed by atoms with van der Waals surface area (Å²) in [7, 11) is 0. The van der Waals surface area contributed by atoms with E-state index in [0.717, 1.165) is 27.6 Å². The fourth-order valence-electron chi connectivity index (χ4n) is 6.20. The van der Waals surface area contributed by atoms with E-state index in [1.807, 2.05) is 35.6 Å². The molecule has 8 rings (SSSR count). The van der Waals surface area contributed by atoms with Gasteiger partial charge < -0.3 is 9.64 Å². The van der Waals surface area contributed by atoms with Gasteiger partial charge in [0.1, 0.15) is 5.75 Å². The molecule has 0 saturated heterocycles. The normalized spacial score (nSPS) is 15.3. The molecule has 0 unspecified atom stereocenters. The molecule has 0 saturated carbocycles. The van der Waals surface area contributed by atoms with Crippen molar-refractivity contribution in [3.63, 3.8) is 0 Å². The van der Waals surface area contributed by atoms with Gasteiger partial charge in [-0.1, -0.05) is 74.1 Å². The number of fused-ring (bicyclic) bond motifs is 8. The van der Waals surface area contributed by atoms with Gasteiger partial charge in [0.2, 0.25) is 0 Å². The molecule has 0 N–H and O–H groups in total. The Morgan fingerprint density at radius 1 is 0.821 bits per heavy atom. The minimum atomic E-state index is -2.28. The molecule has 0 amide bonds. The van der Waals surface area contributed by atoms with E-state index in [0.29, 0.717) is 5.75 Å². The van der Waals surface area contributed by atoms with Crippen LogP contribution in [-0.2, 0) is 5.41 Å². The highest BCUT2D eigenvalue weighted by Gasteiger charge is 2.45. The highest BCUT2D eigenvalue weighted by molar-refractivity contribution is 7.35. The van der Waals surface area contributed by atoms with Crippen molar-refractivity contribution in [1.82, 2.24) is 0 Å². The van der Waals surface area contributed by atoms with Crippen molar-refractivity contribution in [2.45, 2.75) is 40.0 Å². The maximum atomic E-state index is 8.36. The van der Waals surface area contributed by atoms with Gasteiger partial charge in [0, 0.05) is 35.0 Å². The number of rotatable bonds is 1. The highest BCUT2D eigenvalue weighted by atomic mass is 32.1. The Balaban J connectivity index is 1.54. The van der Waals surface area contributed by atoms with Crippen LogP contribution >= 0.6 is 22.7 Å². The minimum Gasteiger partial charge on any atom is -0.448 e. The van der Waals surface area contributed by atoms with Crippen LogP contribution < -0.4 is 25.3 Å². The third-order valence-corrected chi connectivity index (χ3v) is 10.3. The van der Waals surface area contributed by atoms with E-state index >= 15 is 0 Å². The van der Waals surface area contributed by atoms with Crippen LogP contribution in [0.2, 0.25) is 0 Å². The zero-order valence-electron chi connectivity index (χ0n) is 25.3. The molecule has 4 heterocycles. The van der Waals surface area contributed by atoms with Gasteiger partial charge in [-0.25, -0.2) is 0 Å². The van der Waals surface area contributed by atoms with Crippen molar-refractivity contribution in [2.75, 3.05) is 4.90 Å². The topological polar surface area (TPSA) is 12.5 Å². The summed E-state index contributed by atoms with van der Waals surface area (Å²) in [5.41, 5.74) is 7.99. The van der Waals surface area contributed by atoms with Crippen LogP contribution in [0, 0.1) is 13.8 Å². The van der Waals surface area contributed by atoms with E-state index < -0.39 is 6.85 Å². The van der Waals surface area contributed by atoms with Gasteiger partial charge in [0.05, 0.1) is 5.69 Å². The summed E-state index contributed by atoms with van der Waals surface area (Å²) in [6.45, 7) is 6.53. The zero-order valence-corrected chi connectivity index (χ0v) is 23.9. The fourth-order valence-corrected chi connectivity index (χ4v) is 8.57. The van der Waals surface area contributed by atoms with Gasteiger partial charge in [-0.05, 0) is 89.1 Å². The number of nitrogens with zero attached hydrogens (tertiary/aromatic N) is 1. The lowest BCUT2D eigenvalue weighted by Crippen LogP contribution is -2.58. The molecule has 5 heteroatoms. The maximum absolute atomic E-state index is 8.36. The van der Waals surface area contributed by atoms with Crippen molar-refractivity contribution in [3.8, 4) is 10.8 Å². The molecule has 0 bridgehead atoms. The third-order valence-electron chi connectivity index (χ3n) is 8.04. The lowest BCUT2D eigenvalue weighted by Gasteiger charge is -2.38. The molecular formula is C34H28BNOS2. The third kappa shape index (κ3) is 3.33. The summed E-state index contributed by atoms with van der Waals surface area (Å²) < 4.78 is 35.4. The number of hydrogen-bond acceptors (Lipinski definition) is 4. The number of anilines is 3. The van der Waals surface area contributed by atoms with Crippen LogP contribution in [0.5, 0.6) is 10.8 Å². The second-order valence-electron chi connectivity index (χ2n) is 11.7. The quantitative estimate of drug-likeness (QED) is 0.192. The first-order chi connectivity index (χ1) is 20.0. The average molecular weight is 545 g/mol. The van der Waals surface area contributed by atoms with Gasteiger partial charge in [-0.2, -0.15) is 0 Å². The molecular weight excluding hydrogens is 513 g/mol. The molecule has 0 spiro atoms. The van der Waals surface area contributed by atoms with Crippen LogP contribution in [0.15, 0.2) is 78.9 Å². The molecule has 6 aromatic rings. The van der Waals surface area contributed by atoms with Crippen molar-refractivity contribution in [1.29, 1.82) is 0 Å². The number of ether oxygens (including phenoxy) is 1. The molecule has 0 atom stereocenters. The van der Waals surface area contributed by atoms with E-state index in [-0.39, 0.29) is 17.7 Å². The maximum Gasteiger partial charge on any atom is 0.270 e. The zero-order chi connectivity index (χ0) is 29.1. The number of aryl methyl sites for hydroxylation is 2. The SMILES string of the molecule is [2H]C([2H])([2H])c1cc2c3c(c1)N(c1ccccc1)c1c(sc4ccc(C(C)(C)C)cc14)B3c1c(sc3ccc(C)cc13)O2. The van der Waals surface area contributed by atoms with E-state index in [1.54, 1.807) is 17.4 Å². The van der Waals surface area contributed by atoms with E-state index in [1.165, 1.54) is 41.5 Å². The first kappa shape index (κ1) is 20.4. The predicted octanol–water partition coefficient (Wildman–Crippen LogP) is 8.44. The molecule has 2 aromatic heterocycles. The smallest absolute Gasteiger partial charge is 0.270 e. The highest BCUT2D eigenvalue weighted by Crippen LogP contribution is 2.48. The van der Waals surface area contributed by atoms with Gasteiger partial charge in [0.25, 0.3) is 6.71 Å². The predicted molar refractivity (Wildman–Crippen MR) is 171 cm³/mol. The lowest BCUT2D eigenvalue weighted by molar-refractivity contribution is 0.501. The molecule has 4 aromatic carbocycles. The van der Waals surface area contributed by atoms with Crippen LogP contribution in [0.4, 0.5) is 17.1 Å². The summed E-state index contributed by atoms with van der Waals surface area (Å²) in [4.78, 5) is 2.28. The second-order valence-corrected chi connectivity index (χ2v) is 13.8. The van der Waals surface area contributed by atoms with E-state index in [4.69, 9.17) is 8.85 Å². The number of para-hydroxylation sites is 1. The van der Waals surface area contributed by atoms with Gasteiger partial charge in [0.15, 0.2) is 5.06 Å². The number of hydrogen-bond donors (Lipinski definition) is 0. The average Bonchev–Trinajstić information content (AvgIpc) is 3.50. The largest absolute Gasteiger partial charge is 0.448 e. The molecule has 0 radical (unpaired) electrons. The Morgan fingerprint density at radius 3 is 2.41 bits per heavy atom. The Kier molecular flexibility index (Phi) is 4.18. The summed E-state index contributed by atoms with van der Waals surface area (Å²) >= 11 is 3.49. The van der Waals surface area contributed by atoms with Crippen molar-refractivity contribution in [3.05, 3.63) is 95.6 Å². The van der Waals surface area contributed by atoms with Gasteiger partial charge in [-0.15, -0.1) is 11.3 Å². The summed E-state index contributed by atoms with van der Waals surface area (Å²) in [6, 6.07) is 27.4. The summed E-state index contributed by atoms with van der Waals surface area (Å²) in [5, 5.41) is 3.26. The van der Waals surface area contributed by atoms with Gasteiger partial charge >= 0.3 is 0 Å². The first-order valence-corrected chi connectivity index (χ1v) is 14.9. The molecule has 2 aliphatic heterocycles. The van der Waals surface area contributed by atoms with Crippen molar-refractivity contribution in [2.24, 2.45) is 0 Å². The Morgan fingerprint density at radius 2 is 1.62 bits per heavy atom. The number of thiophene rings is 2. The molecule has 2 nitrogen and oxygen atoms in total. The minimum absolute atomic E-state index is 0.0122. The molecule has 0 aliphatic carbocycles. The van der Waals surface area contributed by atoms with Crippen molar-refractivity contribution < 1.29 is 8.85 Å². The lowest BCUT2D eigenvalue weighted by atomic mass is 9.37. The fraction of sp³-hybridized carbons (Fsp3) is 0.176. The van der Waals surface area contributed by atoms with Crippen LogP contribution in [0.1, 0.15) is 41.6 Å². The van der Waals surface area contributed by atoms with Crippen LogP contribution in [0.3, 0.4) is 0 Å². The summed E-state index contributed by atoms with van der Waals surface area (Å²) in [6.07, 6.45) is 0. The van der Waals surface area contributed by atoms with Crippen LogP contribution in [-0.4, -0.2) is 6.71 Å². The Labute approximate surface area is 241 Å². The van der Waals surface area contributed by atoms with Crippen molar-refractivity contribution >= 4 is 82.3 Å². The summed E-state index contributed by atoms with van der Waals surface area (Å²) in [5.74, 6) is 0.638. The molecule has 39 heavy (non-hydrogen) atoms. The first-order valence-electron chi connectivity index (χ1n) is 14.8. The number of benzene rings is 4. The van der Waals surface area contributed by atoms with E-state index in [2.05, 4.69) is 81.1 Å². The second kappa shape index (κ2) is 8.00. The standard InChI is InChI=1S/C34H28BNOS2/c1-19-11-13-27-23(15-19)29-33(39-27)37-26-17-20(2)16-25-30(26)35(29)32-31(36(25)22-9-7-6-8-10-22)24-18-21(34(3,4)5)12-14-28(24)38-32/h6-18H,1-5H3/i2D3. The Hall–Kier alpha value is -3.54. The molecule has 0 fully saturated rings. The van der Waals surface area contributed by atoms with E-state index in [9.17, 15) is 0 Å².